The zero-order valence-corrected chi connectivity index (χ0v) is 13.2. The molecule has 1 heterocycles. The van der Waals surface area contributed by atoms with Crippen LogP contribution < -0.4 is 10.6 Å². The second kappa shape index (κ2) is 7.21. The Morgan fingerprint density at radius 1 is 1.10 bits per heavy atom. The zero-order chi connectivity index (χ0) is 14.4. The van der Waals surface area contributed by atoms with Crippen LogP contribution in [0, 0.1) is 0 Å². The van der Waals surface area contributed by atoms with Gasteiger partial charge in [0.15, 0.2) is 0 Å². The van der Waals surface area contributed by atoms with Gasteiger partial charge in [-0.1, -0.05) is 15.9 Å². The highest BCUT2D eigenvalue weighted by Gasteiger charge is 2.00. The maximum absolute atomic E-state index is 4.22. The summed E-state index contributed by atoms with van der Waals surface area (Å²) in [5.41, 5.74) is 0.992. The molecular weight excluding hydrogens is 318 g/mol. The first kappa shape index (κ1) is 14.7. The summed E-state index contributed by atoms with van der Waals surface area (Å²) in [6.07, 6.45) is 1.55. The van der Waals surface area contributed by atoms with E-state index < -0.39 is 0 Å². The van der Waals surface area contributed by atoms with Gasteiger partial charge in [0.05, 0.1) is 0 Å². The average molecular weight is 336 g/mol. The number of nitrogens with zero attached hydrogens (tertiary/aromatic N) is 3. The van der Waals surface area contributed by atoms with Crippen molar-refractivity contribution in [2.45, 2.75) is 0 Å². The lowest BCUT2D eigenvalue weighted by Gasteiger charge is -2.11. The molecule has 20 heavy (non-hydrogen) atoms. The number of halogens is 1. The lowest BCUT2D eigenvalue weighted by Crippen LogP contribution is -2.21. The monoisotopic (exact) mass is 335 g/mol. The molecule has 0 unspecified atom stereocenters. The van der Waals surface area contributed by atoms with Crippen LogP contribution in [0.4, 0.5) is 17.3 Å². The van der Waals surface area contributed by atoms with Crippen molar-refractivity contribution in [2.24, 2.45) is 0 Å². The third kappa shape index (κ3) is 4.79. The number of aromatic nitrogens is 2. The van der Waals surface area contributed by atoms with Crippen molar-refractivity contribution >= 4 is 33.3 Å². The molecule has 0 aliphatic heterocycles. The van der Waals surface area contributed by atoms with E-state index in [0.29, 0.717) is 0 Å². The van der Waals surface area contributed by atoms with E-state index in [1.54, 1.807) is 6.33 Å². The summed E-state index contributed by atoms with van der Waals surface area (Å²) in [5, 5.41) is 6.52. The number of rotatable bonds is 6. The normalized spacial score (nSPS) is 10.6. The fraction of sp³-hybridized carbons (Fsp3) is 0.286. The standard InChI is InChI=1S/C14H18BrN5/c1-20(2)8-7-16-13-9-14(18-10-17-13)19-12-5-3-11(15)4-6-12/h3-6,9-10H,7-8H2,1-2H3,(H2,16,17,18,19). The van der Waals surface area contributed by atoms with Gasteiger partial charge in [0.1, 0.15) is 18.0 Å². The fourth-order valence-electron chi connectivity index (χ4n) is 1.61. The van der Waals surface area contributed by atoms with Crippen LogP contribution in [0.5, 0.6) is 0 Å². The first-order chi connectivity index (χ1) is 9.63. The van der Waals surface area contributed by atoms with Crippen LogP contribution in [0.2, 0.25) is 0 Å². The van der Waals surface area contributed by atoms with E-state index in [4.69, 9.17) is 0 Å². The molecule has 1 aromatic heterocycles. The van der Waals surface area contributed by atoms with Gasteiger partial charge in [-0.05, 0) is 38.4 Å². The Hall–Kier alpha value is -1.66. The SMILES string of the molecule is CN(C)CCNc1cc(Nc2ccc(Br)cc2)ncn1. The molecule has 0 saturated heterocycles. The van der Waals surface area contributed by atoms with Crippen molar-refractivity contribution in [3.8, 4) is 0 Å². The summed E-state index contributed by atoms with van der Waals surface area (Å²) >= 11 is 3.42. The van der Waals surface area contributed by atoms with E-state index in [2.05, 4.69) is 41.4 Å². The van der Waals surface area contributed by atoms with Crippen LogP contribution >= 0.6 is 15.9 Å². The summed E-state index contributed by atoms with van der Waals surface area (Å²) in [7, 11) is 4.09. The molecule has 5 nitrogen and oxygen atoms in total. The van der Waals surface area contributed by atoms with Gasteiger partial charge < -0.3 is 15.5 Å². The largest absolute Gasteiger partial charge is 0.369 e. The lowest BCUT2D eigenvalue weighted by atomic mass is 10.3. The molecule has 106 valence electrons. The molecule has 2 N–H and O–H groups in total. The Bertz CT molecular complexity index is 542. The van der Waals surface area contributed by atoms with Crippen molar-refractivity contribution in [1.29, 1.82) is 0 Å². The van der Waals surface area contributed by atoms with Crippen LogP contribution in [0.1, 0.15) is 0 Å². The number of benzene rings is 1. The second-order valence-electron chi connectivity index (χ2n) is 4.65. The minimum absolute atomic E-state index is 0.773. The Balaban J connectivity index is 1.96. The van der Waals surface area contributed by atoms with Crippen LogP contribution in [0.25, 0.3) is 0 Å². The quantitative estimate of drug-likeness (QED) is 0.849. The van der Waals surface area contributed by atoms with Crippen molar-refractivity contribution in [2.75, 3.05) is 37.8 Å². The molecule has 0 aliphatic carbocycles. The molecule has 0 spiro atoms. The summed E-state index contributed by atoms with van der Waals surface area (Å²) in [6, 6.07) is 9.86. The third-order valence-corrected chi connectivity index (χ3v) is 3.18. The van der Waals surface area contributed by atoms with Gasteiger partial charge in [0, 0.05) is 29.3 Å². The van der Waals surface area contributed by atoms with E-state index in [1.807, 2.05) is 44.4 Å². The van der Waals surface area contributed by atoms with Crippen molar-refractivity contribution in [3.63, 3.8) is 0 Å². The number of hydrogen-bond acceptors (Lipinski definition) is 5. The van der Waals surface area contributed by atoms with Gasteiger partial charge in [-0.2, -0.15) is 0 Å². The summed E-state index contributed by atoms with van der Waals surface area (Å²) in [6.45, 7) is 1.81. The maximum Gasteiger partial charge on any atom is 0.135 e. The van der Waals surface area contributed by atoms with Crippen LogP contribution in [-0.2, 0) is 0 Å². The van der Waals surface area contributed by atoms with E-state index in [9.17, 15) is 0 Å². The Labute approximate surface area is 127 Å². The first-order valence-electron chi connectivity index (χ1n) is 6.37. The molecule has 0 fully saturated rings. The van der Waals surface area contributed by atoms with Gasteiger partial charge >= 0.3 is 0 Å². The highest BCUT2D eigenvalue weighted by Crippen LogP contribution is 2.18. The number of likely N-dealkylation sites (N-methyl/N-ethyl adjacent to an activating group) is 1. The highest BCUT2D eigenvalue weighted by molar-refractivity contribution is 9.10. The van der Waals surface area contributed by atoms with Gasteiger partial charge in [-0.25, -0.2) is 9.97 Å². The number of anilines is 3. The van der Waals surface area contributed by atoms with E-state index in [-0.39, 0.29) is 0 Å². The molecule has 0 bridgehead atoms. The number of nitrogens with one attached hydrogen (secondary N) is 2. The van der Waals surface area contributed by atoms with Crippen LogP contribution in [-0.4, -0.2) is 42.1 Å². The highest BCUT2D eigenvalue weighted by atomic mass is 79.9. The smallest absolute Gasteiger partial charge is 0.135 e. The molecule has 0 saturated carbocycles. The van der Waals surface area contributed by atoms with Gasteiger partial charge in [-0.15, -0.1) is 0 Å². The molecule has 0 atom stereocenters. The molecule has 0 radical (unpaired) electrons. The third-order valence-electron chi connectivity index (χ3n) is 2.65. The molecule has 2 rings (SSSR count). The second-order valence-corrected chi connectivity index (χ2v) is 5.57. The van der Waals surface area contributed by atoms with Crippen LogP contribution in [0.15, 0.2) is 41.1 Å². The zero-order valence-electron chi connectivity index (χ0n) is 11.6. The minimum Gasteiger partial charge on any atom is -0.369 e. The maximum atomic E-state index is 4.22. The molecule has 1 aromatic carbocycles. The fourth-order valence-corrected chi connectivity index (χ4v) is 1.88. The van der Waals surface area contributed by atoms with E-state index >= 15 is 0 Å². The topological polar surface area (TPSA) is 53.1 Å². The Morgan fingerprint density at radius 3 is 2.50 bits per heavy atom. The first-order valence-corrected chi connectivity index (χ1v) is 7.16. The molecule has 0 aliphatic rings. The predicted octanol–water partition coefficient (Wildman–Crippen LogP) is 2.96. The predicted molar refractivity (Wildman–Crippen MR) is 86.5 cm³/mol. The van der Waals surface area contributed by atoms with Gasteiger partial charge in [-0.3, -0.25) is 0 Å². The van der Waals surface area contributed by atoms with E-state index in [0.717, 1.165) is 34.9 Å². The minimum atomic E-state index is 0.773. The summed E-state index contributed by atoms with van der Waals surface area (Å²) < 4.78 is 1.05. The van der Waals surface area contributed by atoms with Crippen molar-refractivity contribution in [1.82, 2.24) is 14.9 Å². The molecular formula is C14H18BrN5. The summed E-state index contributed by atoms with van der Waals surface area (Å²) in [4.78, 5) is 10.5. The van der Waals surface area contributed by atoms with Crippen LogP contribution in [0.3, 0.4) is 0 Å². The lowest BCUT2D eigenvalue weighted by molar-refractivity contribution is 0.425. The molecule has 2 aromatic rings. The Kier molecular flexibility index (Phi) is 5.31. The number of hydrogen-bond donors (Lipinski definition) is 2. The van der Waals surface area contributed by atoms with Gasteiger partial charge in [0.2, 0.25) is 0 Å². The van der Waals surface area contributed by atoms with Crippen molar-refractivity contribution < 1.29 is 0 Å². The van der Waals surface area contributed by atoms with Gasteiger partial charge in [0.25, 0.3) is 0 Å². The van der Waals surface area contributed by atoms with Crippen molar-refractivity contribution in [3.05, 3.63) is 41.1 Å². The average Bonchev–Trinajstić information content (AvgIpc) is 2.41. The molecule has 6 heteroatoms. The molecule has 0 amide bonds. The summed E-state index contributed by atoms with van der Waals surface area (Å²) in [5.74, 6) is 1.59. The Morgan fingerprint density at radius 2 is 1.80 bits per heavy atom. The van der Waals surface area contributed by atoms with E-state index in [1.165, 1.54) is 0 Å².